The van der Waals surface area contributed by atoms with Crippen LogP contribution in [0.2, 0.25) is 0 Å². The van der Waals surface area contributed by atoms with Crippen LogP contribution in [0.1, 0.15) is 59.8 Å². The molecule has 0 radical (unpaired) electrons. The summed E-state index contributed by atoms with van der Waals surface area (Å²) in [6, 6.07) is 12.6. The van der Waals surface area contributed by atoms with Crippen LogP contribution in [-0.4, -0.2) is 65.7 Å². The fourth-order valence-electron chi connectivity index (χ4n) is 5.43. The molecular weight excluding hydrogens is 743 g/mol. The Morgan fingerprint density at radius 2 is 1.75 bits per heavy atom. The molecule has 3 aromatic rings. The van der Waals surface area contributed by atoms with Gasteiger partial charge in [0.25, 0.3) is 17.8 Å². The molecule has 1 saturated heterocycles. The SMILES string of the molecule is C=CN=C(/C=C(\C)N(C)C(=O)c1ccc(C(C)(F)F)cc1)c1ccc(NC(=O)/N=C2\SCC(=O)N2c2cc3c(cc2COCC(F)(F)CC)OCO3)c(C)c1. The molecule has 4 amide bonds. The smallest absolute Gasteiger partial charge is 0.347 e. The summed E-state index contributed by atoms with van der Waals surface area (Å²) < 4.78 is 71.4. The maximum atomic E-state index is 13.9. The van der Waals surface area contributed by atoms with Crippen molar-refractivity contribution in [2.24, 2.45) is 9.98 Å². The molecule has 1 N–H and O–H groups in total. The Kier molecular flexibility index (Phi) is 12.5. The minimum atomic E-state index is -3.03. The van der Waals surface area contributed by atoms with E-state index in [0.29, 0.717) is 45.3 Å². The summed E-state index contributed by atoms with van der Waals surface area (Å²) in [7, 11) is 1.56. The lowest BCUT2D eigenvalue weighted by molar-refractivity contribution is -0.115. The predicted molar refractivity (Wildman–Crippen MR) is 204 cm³/mol. The van der Waals surface area contributed by atoms with Gasteiger partial charge in [0.05, 0.1) is 23.8 Å². The van der Waals surface area contributed by atoms with E-state index in [4.69, 9.17) is 14.2 Å². The average Bonchev–Trinajstić information content (AvgIpc) is 3.75. The number of allylic oxidation sites excluding steroid dienone is 2. The van der Waals surface area contributed by atoms with E-state index in [-0.39, 0.29) is 47.0 Å². The van der Waals surface area contributed by atoms with Gasteiger partial charge in [-0.1, -0.05) is 43.5 Å². The number of fused-ring (bicyclic) bond motifs is 1. The van der Waals surface area contributed by atoms with Crippen LogP contribution in [0.5, 0.6) is 11.5 Å². The highest BCUT2D eigenvalue weighted by Gasteiger charge is 2.34. The van der Waals surface area contributed by atoms with Crippen LogP contribution in [0.4, 0.5) is 33.7 Å². The summed E-state index contributed by atoms with van der Waals surface area (Å²) in [5.41, 5.74) is 3.29. The van der Waals surface area contributed by atoms with E-state index in [1.54, 1.807) is 51.2 Å². The van der Waals surface area contributed by atoms with Gasteiger partial charge in [0.15, 0.2) is 16.7 Å². The van der Waals surface area contributed by atoms with Gasteiger partial charge in [0.1, 0.15) is 6.61 Å². The van der Waals surface area contributed by atoms with Crippen molar-refractivity contribution in [2.45, 2.75) is 52.6 Å². The van der Waals surface area contributed by atoms with Crippen molar-refractivity contribution in [3.63, 3.8) is 0 Å². The summed E-state index contributed by atoms with van der Waals surface area (Å²) >= 11 is 1.03. The van der Waals surface area contributed by atoms with Gasteiger partial charge in [-0.3, -0.25) is 19.5 Å². The number of amides is 4. The first-order chi connectivity index (χ1) is 26.0. The van der Waals surface area contributed by atoms with E-state index in [9.17, 15) is 31.9 Å². The summed E-state index contributed by atoms with van der Waals surface area (Å²) in [6.07, 6.45) is 2.61. The Hall–Kier alpha value is -5.48. The second-order valence-electron chi connectivity index (χ2n) is 12.7. The molecule has 0 unspecified atom stereocenters. The Labute approximate surface area is 319 Å². The van der Waals surface area contributed by atoms with Gasteiger partial charge in [0, 0.05) is 66.3 Å². The molecule has 5 rings (SSSR count). The lowest BCUT2D eigenvalue weighted by Crippen LogP contribution is -2.31. The minimum absolute atomic E-state index is 0.0222. The number of aliphatic imine (C=N–C) groups is 2. The van der Waals surface area contributed by atoms with Gasteiger partial charge in [0.2, 0.25) is 12.7 Å². The number of aryl methyl sites for hydroxylation is 1. The lowest BCUT2D eigenvalue weighted by atomic mass is 10.0. The molecule has 1 fully saturated rings. The number of benzene rings is 3. The molecule has 0 saturated carbocycles. The van der Waals surface area contributed by atoms with Crippen molar-refractivity contribution in [3.05, 3.63) is 107 Å². The summed E-state index contributed by atoms with van der Waals surface area (Å²) in [6.45, 7) is 8.13. The van der Waals surface area contributed by atoms with Crippen LogP contribution < -0.4 is 19.7 Å². The van der Waals surface area contributed by atoms with E-state index >= 15 is 0 Å². The molecule has 0 atom stereocenters. The normalized spacial score (nSPS) is 15.5. The number of alkyl halides is 4. The summed E-state index contributed by atoms with van der Waals surface area (Å²) in [5, 5.41) is 2.80. The highest BCUT2D eigenvalue weighted by atomic mass is 32.2. The number of halogens is 4. The molecule has 0 spiro atoms. The molecule has 55 heavy (non-hydrogen) atoms. The number of hydrogen-bond donors (Lipinski definition) is 1. The zero-order valence-electron chi connectivity index (χ0n) is 30.8. The zero-order chi connectivity index (χ0) is 40.1. The summed E-state index contributed by atoms with van der Waals surface area (Å²) in [5.74, 6) is -6.18. The summed E-state index contributed by atoms with van der Waals surface area (Å²) in [4.78, 5) is 50.7. The van der Waals surface area contributed by atoms with Crippen LogP contribution in [0.25, 0.3) is 0 Å². The number of rotatable bonds is 13. The van der Waals surface area contributed by atoms with Crippen LogP contribution in [-0.2, 0) is 22.1 Å². The predicted octanol–water partition coefficient (Wildman–Crippen LogP) is 8.67. The molecule has 0 aromatic heterocycles. The molecule has 0 aliphatic carbocycles. The highest BCUT2D eigenvalue weighted by molar-refractivity contribution is 8.15. The third kappa shape index (κ3) is 9.80. The fourth-order valence-corrected chi connectivity index (χ4v) is 6.29. The van der Waals surface area contributed by atoms with Crippen molar-refractivity contribution in [3.8, 4) is 11.5 Å². The second kappa shape index (κ2) is 16.9. The average molecular weight is 782 g/mol. The van der Waals surface area contributed by atoms with Crippen LogP contribution in [0, 0.1) is 6.92 Å². The third-order valence-electron chi connectivity index (χ3n) is 8.68. The Bertz CT molecular complexity index is 2080. The van der Waals surface area contributed by atoms with Gasteiger partial charge < -0.3 is 24.4 Å². The molecule has 290 valence electrons. The highest BCUT2D eigenvalue weighted by Crippen LogP contribution is 2.41. The number of nitrogens with zero attached hydrogens (tertiary/aromatic N) is 4. The topological polar surface area (TPSA) is 122 Å². The number of carbonyl (C=O) groups is 3. The molecular formula is C39H39F4N5O6S. The monoisotopic (exact) mass is 781 g/mol. The van der Waals surface area contributed by atoms with Gasteiger partial charge in [-0.2, -0.15) is 4.99 Å². The Balaban J connectivity index is 1.32. The van der Waals surface area contributed by atoms with E-state index < -0.39 is 36.8 Å². The number of urea groups is 1. The standard InChI is InChI=1S/C39H39F4N5O6S/c1-7-39(42,43)21-52-19-27-17-32-33(54-22-53-32)18-31(27)48-34(49)20-55-37(48)46-36(51)45-29-14-11-26(15-23(29)3)30(44-8-2)16-24(4)47(6)35(50)25-9-12-28(13-10-25)38(5,40)41/h8-18H,2,7,19-22H2,1,3-6H3,(H,45,51)/b24-16+,44-30?,46-37-. The van der Waals surface area contributed by atoms with Crippen molar-refractivity contribution >= 4 is 51.9 Å². The second-order valence-corrected chi connectivity index (χ2v) is 13.7. The Morgan fingerprint density at radius 3 is 2.38 bits per heavy atom. The molecule has 0 bridgehead atoms. The number of amidine groups is 1. The lowest BCUT2D eigenvalue weighted by Gasteiger charge is -2.21. The maximum absolute atomic E-state index is 13.9. The van der Waals surface area contributed by atoms with E-state index in [2.05, 4.69) is 21.9 Å². The number of carbonyl (C=O) groups excluding carboxylic acids is 3. The van der Waals surface area contributed by atoms with Crippen LogP contribution in [0.15, 0.2) is 89.1 Å². The van der Waals surface area contributed by atoms with Gasteiger partial charge in [-0.25, -0.2) is 22.4 Å². The number of ether oxygens (including phenoxy) is 3. The third-order valence-corrected chi connectivity index (χ3v) is 9.60. The van der Waals surface area contributed by atoms with Crippen molar-refractivity contribution < 1.29 is 46.2 Å². The molecule has 2 heterocycles. The van der Waals surface area contributed by atoms with Crippen molar-refractivity contribution in [2.75, 3.05) is 36.4 Å². The number of hydrogen-bond acceptors (Lipinski definition) is 8. The first-order valence-electron chi connectivity index (χ1n) is 17.0. The molecule has 16 heteroatoms. The maximum Gasteiger partial charge on any atom is 0.347 e. The van der Waals surface area contributed by atoms with Crippen molar-refractivity contribution in [1.82, 2.24) is 4.90 Å². The van der Waals surface area contributed by atoms with E-state index in [0.717, 1.165) is 18.7 Å². The number of anilines is 2. The first-order valence-corrected chi connectivity index (χ1v) is 18.0. The first kappa shape index (κ1) is 40.7. The number of thioether (sulfide) groups is 1. The Morgan fingerprint density at radius 1 is 1.07 bits per heavy atom. The fraction of sp³-hybridized carbons (Fsp3) is 0.308. The molecule has 11 nitrogen and oxygen atoms in total. The van der Waals surface area contributed by atoms with Gasteiger partial charge >= 0.3 is 6.03 Å². The molecule has 2 aliphatic heterocycles. The van der Waals surface area contributed by atoms with Crippen LogP contribution >= 0.6 is 11.8 Å². The zero-order valence-corrected chi connectivity index (χ0v) is 31.6. The van der Waals surface area contributed by atoms with Gasteiger partial charge in [-0.15, -0.1) is 0 Å². The van der Waals surface area contributed by atoms with E-state index in [1.165, 1.54) is 53.3 Å². The molecule has 3 aromatic carbocycles. The van der Waals surface area contributed by atoms with Crippen molar-refractivity contribution in [1.29, 1.82) is 0 Å². The largest absolute Gasteiger partial charge is 0.454 e. The van der Waals surface area contributed by atoms with Gasteiger partial charge in [-0.05, 0) is 55.8 Å². The van der Waals surface area contributed by atoms with E-state index in [1.807, 2.05) is 0 Å². The van der Waals surface area contributed by atoms with Crippen LogP contribution in [0.3, 0.4) is 0 Å². The quantitative estimate of drug-likeness (QED) is 0.136. The number of nitrogens with one attached hydrogen (secondary N) is 1. The minimum Gasteiger partial charge on any atom is -0.454 e. The molecule has 2 aliphatic rings.